The van der Waals surface area contributed by atoms with Crippen molar-refractivity contribution in [1.82, 2.24) is 9.97 Å². The highest BCUT2D eigenvalue weighted by atomic mass is 32.2. The maximum absolute atomic E-state index is 5.75. The SMILES string of the molecule is Cc1cc2c(Sc3ccoc3C)nc(N)nc2s1. The molecular weight excluding hydrogens is 266 g/mol. The van der Waals surface area contributed by atoms with E-state index < -0.39 is 0 Å². The Balaban J connectivity index is 2.13. The van der Waals surface area contributed by atoms with Crippen LogP contribution in [0.5, 0.6) is 0 Å². The van der Waals surface area contributed by atoms with Crippen LogP contribution in [0.3, 0.4) is 0 Å². The minimum Gasteiger partial charge on any atom is -0.468 e. The Hall–Kier alpha value is -1.53. The molecule has 3 heterocycles. The first-order chi connectivity index (χ1) is 8.63. The standard InChI is InChI=1S/C12H11N3OS2/c1-6-5-8-10(17-6)14-12(13)15-11(8)18-9-3-4-16-7(9)2/h3-5H,1-2H3,(H2,13,14,15). The molecule has 92 valence electrons. The van der Waals surface area contributed by atoms with Crippen LogP contribution in [0, 0.1) is 13.8 Å². The molecule has 0 bridgehead atoms. The van der Waals surface area contributed by atoms with Gasteiger partial charge in [-0.15, -0.1) is 11.3 Å². The number of anilines is 1. The van der Waals surface area contributed by atoms with Gasteiger partial charge in [-0.25, -0.2) is 9.97 Å². The van der Waals surface area contributed by atoms with E-state index in [9.17, 15) is 0 Å². The van der Waals surface area contributed by atoms with Gasteiger partial charge in [-0.1, -0.05) is 11.8 Å². The summed E-state index contributed by atoms with van der Waals surface area (Å²) in [4.78, 5) is 11.8. The Morgan fingerprint density at radius 3 is 2.89 bits per heavy atom. The first-order valence-electron chi connectivity index (χ1n) is 5.39. The van der Waals surface area contributed by atoms with Crippen LogP contribution in [-0.4, -0.2) is 9.97 Å². The van der Waals surface area contributed by atoms with Gasteiger partial charge in [0, 0.05) is 10.3 Å². The Bertz CT molecular complexity index is 717. The number of aromatic nitrogens is 2. The third kappa shape index (κ3) is 1.97. The molecular formula is C12H11N3OS2. The number of nitrogens with zero attached hydrogens (tertiary/aromatic N) is 2. The summed E-state index contributed by atoms with van der Waals surface area (Å²) < 4.78 is 5.29. The first-order valence-corrected chi connectivity index (χ1v) is 7.02. The molecule has 0 atom stereocenters. The van der Waals surface area contributed by atoms with Crippen molar-refractivity contribution in [3.63, 3.8) is 0 Å². The van der Waals surface area contributed by atoms with Gasteiger partial charge in [0.2, 0.25) is 5.95 Å². The summed E-state index contributed by atoms with van der Waals surface area (Å²) in [7, 11) is 0. The van der Waals surface area contributed by atoms with Crippen LogP contribution in [0.1, 0.15) is 10.6 Å². The minimum absolute atomic E-state index is 0.313. The third-order valence-electron chi connectivity index (χ3n) is 2.52. The van der Waals surface area contributed by atoms with E-state index in [1.165, 1.54) is 4.88 Å². The van der Waals surface area contributed by atoms with E-state index in [1.807, 2.05) is 13.0 Å². The van der Waals surface area contributed by atoms with E-state index in [-0.39, 0.29) is 0 Å². The number of nitrogen functional groups attached to an aromatic ring is 1. The quantitative estimate of drug-likeness (QED) is 0.724. The normalized spacial score (nSPS) is 11.2. The molecule has 0 spiro atoms. The van der Waals surface area contributed by atoms with Crippen molar-refractivity contribution in [3.8, 4) is 0 Å². The molecule has 0 radical (unpaired) electrons. The highest BCUT2D eigenvalue weighted by molar-refractivity contribution is 7.99. The number of aryl methyl sites for hydroxylation is 2. The number of furan rings is 1. The summed E-state index contributed by atoms with van der Waals surface area (Å²) in [6.45, 7) is 3.99. The van der Waals surface area contributed by atoms with Crippen molar-refractivity contribution < 1.29 is 4.42 Å². The van der Waals surface area contributed by atoms with Gasteiger partial charge in [0.05, 0.1) is 11.2 Å². The van der Waals surface area contributed by atoms with Crippen molar-refractivity contribution in [2.24, 2.45) is 0 Å². The first kappa shape index (κ1) is 11.6. The second-order valence-corrected chi connectivity index (χ2v) is 6.17. The van der Waals surface area contributed by atoms with E-state index >= 15 is 0 Å². The van der Waals surface area contributed by atoms with Gasteiger partial charge in [0.15, 0.2) is 0 Å². The lowest BCUT2D eigenvalue weighted by Crippen LogP contribution is -1.95. The van der Waals surface area contributed by atoms with E-state index in [1.54, 1.807) is 29.4 Å². The minimum atomic E-state index is 0.313. The predicted octanol–water partition coefficient (Wildman–Crippen LogP) is 3.63. The summed E-state index contributed by atoms with van der Waals surface area (Å²) in [5.74, 6) is 1.20. The molecule has 0 saturated heterocycles. The summed E-state index contributed by atoms with van der Waals surface area (Å²) >= 11 is 3.19. The highest BCUT2D eigenvalue weighted by Gasteiger charge is 2.12. The summed E-state index contributed by atoms with van der Waals surface area (Å²) in [5, 5.41) is 1.93. The topological polar surface area (TPSA) is 64.9 Å². The van der Waals surface area contributed by atoms with Crippen molar-refractivity contribution in [2.45, 2.75) is 23.8 Å². The van der Waals surface area contributed by atoms with Gasteiger partial charge in [0.1, 0.15) is 15.6 Å². The molecule has 0 unspecified atom stereocenters. The number of nitrogens with two attached hydrogens (primary N) is 1. The Morgan fingerprint density at radius 2 is 2.17 bits per heavy atom. The Morgan fingerprint density at radius 1 is 1.33 bits per heavy atom. The second kappa shape index (κ2) is 4.29. The molecule has 0 aliphatic heterocycles. The molecule has 3 rings (SSSR count). The van der Waals surface area contributed by atoms with Crippen LogP contribution >= 0.6 is 23.1 Å². The molecule has 6 heteroatoms. The van der Waals surface area contributed by atoms with Crippen LogP contribution in [0.4, 0.5) is 5.95 Å². The number of hydrogen-bond donors (Lipinski definition) is 1. The average Bonchev–Trinajstić information content (AvgIpc) is 2.85. The van der Waals surface area contributed by atoms with E-state index in [4.69, 9.17) is 10.2 Å². The van der Waals surface area contributed by atoms with Crippen LogP contribution in [0.2, 0.25) is 0 Å². The molecule has 4 nitrogen and oxygen atoms in total. The van der Waals surface area contributed by atoms with Crippen LogP contribution < -0.4 is 5.73 Å². The monoisotopic (exact) mass is 277 g/mol. The zero-order chi connectivity index (χ0) is 12.7. The number of fused-ring (bicyclic) bond motifs is 1. The zero-order valence-corrected chi connectivity index (χ0v) is 11.6. The number of thiophene rings is 1. The van der Waals surface area contributed by atoms with Gasteiger partial charge in [-0.3, -0.25) is 0 Å². The second-order valence-electron chi connectivity index (χ2n) is 3.91. The molecule has 2 N–H and O–H groups in total. The van der Waals surface area contributed by atoms with Crippen LogP contribution in [0.25, 0.3) is 10.2 Å². The molecule has 3 aromatic heterocycles. The fourth-order valence-corrected chi connectivity index (χ4v) is 3.57. The zero-order valence-electron chi connectivity index (χ0n) is 9.93. The fraction of sp³-hybridized carbons (Fsp3) is 0.167. The number of hydrogen-bond acceptors (Lipinski definition) is 6. The molecule has 0 aliphatic carbocycles. The van der Waals surface area contributed by atoms with E-state index in [0.717, 1.165) is 25.9 Å². The summed E-state index contributed by atoms with van der Waals surface area (Å²) in [6.07, 6.45) is 1.68. The van der Waals surface area contributed by atoms with Gasteiger partial charge in [-0.05, 0) is 26.0 Å². The predicted molar refractivity (Wildman–Crippen MR) is 74.1 cm³/mol. The lowest BCUT2D eigenvalue weighted by molar-refractivity contribution is 0.527. The summed E-state index contributed by atoms with van der Waals surface area (Å²) in [6, 6.07) is 4.03. The smallest absolute Gasteiger partial charge is 0.222 e. The molecule has 18 heavy (non-hydrogen) atoms. The largest absolute Gasteiger partial charge is 0.468 e. The summed E-state index contributed by atoms with van der Waals surface area (Å²) in [5.41, 5.74) is 5.75. The maximum atomic E-state index is 5.75. The van der Waals surface area contributed by atoms with Gasteiger partial charge in [0.25, 0.3) is 0 Å². The number of rotatable bonds is 2. The van der Waals surface area contributed by atoms with Crippen LogP contribution in [0.15, 0.2) is 32.7 Å². The fourth-order valence-electron chi connectivity index (χ4n) is 1.69. The lowest BCUT2D eigenvalue weighted by Gasteiger charge is -2.02. The Labute approximate surface area is 112 Å². The van der Waals surface area contributed by atoms with Crippen molar-refractivity contribution >= 4 is 39.3 Å². The van der Waals surface area contributed by atoms with Gasteiger partial charge >= 0.3 is 0 Å². The maximum Gasteiger partial charge on any atom is 0.222 e. The molecule has 0 amide bonds. The third-order valence-corrected chi connectivity index (χ3v) is 4.61. The van der Waals surface area contributed by atoms with Crippen molar-refractivity contribution in [2.75, 3.05) is 5.73 Å². The molecule has 0 aromatic carbocycles. The highest BCUT2D eigenvalue weighted by Crippen LogP contribution is 2.36. The van der Waals surface area contributed by atoms with Crippen LogP contribution in [-0.2, 0) is 0 Å². The van der Waals surface area contributed by atoms with Gasteiger partial charge < -0.3 is 10.2 Å². The Kier molecular flexibility index (Phi) is 2.76. The van der Waals surface area contributed by atoms with Crippen molar-refractivity contribution in [3.05, 3.63) is 29.0 Å². The molecule has 3 aromatic rings. The lowest BCUT2D eigenvalue weighted by atomic mass is 10.4. The van der Waals surface area contributed by atoms with E-state index in [0.29, 0.717) is 5.95 Å². The van der Waals surface area contributed by atoms with Crippen molar-refractivity contribution in [1.29, 1.82) is 0 Å². The van der Waals surface area contributed by atoms with E-state index in [2.05, 4.69) is 23.0 Å². The molecule has 0 fully saturated rings. The average molecular weight is 277 g/mol. The van der Waals surface area contributed by atoms with Gasteiger partial charge in [-0.2, -0.15) is 0 Å². The molecule has 0 saturated carbocycles. The molecule has 0 aliphatic rings.